The molecule has 0 aliphatic rings. The highest BCUT2D eigenvalue weighted by Crippen LogP contribution is 2.29. The fraction of sp³-hybridized carbons (Fsp3) is 0.417. The van der Waals surface area contributed by atoms with Crippen LogP contribution in [0.5, 0.6) is 11.5 Å². The zero-order valence-corrected chi connectivity index (χ0v) is 10.0. The van der Waals surface area contributed by atoms with E-state index in [0.717, 1.165) is 0 Å². The predicted octanol–water partition coefficient (Wildman–Crippen LogP) is 2.58. The van der Waals surface area contributed by atoms with E-state index in [1.165, 1.54) is 7.05 Å². The number of hydrogen-bond donors (Lipinski definition) is 1. The summed E-state index contributed by atoms with van der Waals surface area (Å²) in [6.45, 7) is 5.80. The molecule has 1 N–H and O–H groups in total. The summed E-state index contributed by atoms with van der Waals surface area (Å²) in [5.74, 6) is 0.968. The van der Waals surface area contributed by atoms with Gasteiger partial charge in [-0.3, -0.25) is 0 Å². The Bertz CT molecular complexity index is 369. The van der Waals surface area contributed by atoms with E-state index in [1.807, 2.05) is 26.8 Å². The molecule has 0 bridgehead atoms. The van der Waals surface area contributed by atoms with E-state index in [9.17, 15) is 4.79 Å². The van der Waals surface area contributed by atoms with Crippen molar-refractivity contribution in [3.05, 3.63) is 24.3 Å². The summed E-state index contributed by atoms with van der Waals surface area (Å²) in [6, 6.07) is 7.07. The number of amides is 1. The normalized spacial score (nSPS) is 10.8. The van der Waals surface area contributed by atoms with E-state index in [0.29, 0.717) is 11.5 Å². The lowest BCUT2D eigenvalue weighted by molar-refractivity contribution is 0.124. The fourth-order valence-corrected chi connectivity index (χ4v) is 1.10. The van der Waals surface area contributed by atoms with Crippen LogP contribution in [0, 0.1) is 0 Å². The summed E-state index contributed by atoms with van der Waals surface area (Å²) >= 11 is 0. The molecule has 0 aliphatic carbocycles. The quantitative estimate of drug-likeness (QED) is 0.838. The molecule has 0 spiro atoms. The molecule has 1 aromatic carbocycles. The van der Waals surface area contributed by atoms with E-state index >= 15 is 0 Å². The molecule has 88 valence electrons. The van der Waals surface area contributed by atoms with Crippen LogP contribution in [0.15, 0.2) is 24.3 Å². The second kappa shape index (κ2) is 4.88. The number of benzene rings is 1. The number of ether oxygens (including phenoxy) is 2. The van der Waals surface area contributed by atoms with Crippen molar-refractivity contribution in [1.29, 1.82) is 0 Å². The Balaban J connectivity index is 2.87. The van der Waals surface area contributed by atoms with Crippen molar-refractivity contribution in [1.82, 2.24) is 5.32 Å². The highest BCUT2D eigenvalue weighted by atomic mass is 16.6. The van der Waals surface area contributed by atoms with Crippen molar-refractivity contribution in [3.8, 4) is 11.5 Å². The van der Waals surface area contributed by atoms with E-state index < -0.39 is 6.09 Å². The maximum atomic E-state index is 11.1. The van der Waals surface area contributed by atoms with Gasteiger partial charge in [0.25, 0.3) is 0 Å². The van der Waals surface area contributed by atoms with Crippen molar-refractivity contribution < 1.29 is 14.3 Å². The zero-order chi connectivity index (χ0) is 12.2. The Morgan fingerprint density at radius 2 is 1.75 bits per heavy atom. The van der Waals surface area contributed by atoms with Crippen LogP contribution in [0.25, 0.3) is 0 Å². The smallest absolute Gasteiger partial charge is 0.412 e. The first-order chi connectivity index (χ1) is 7.42. The highest BCUT2D eigenvalue weighted by Gasteiger charge is 2.16. The van der Waals surface area contributed by atoms with E-state index in [4.69, 9.17) is 9.47 Å². The molecule has 1 amide bonds. The molecule has 0 heterocycles. The summed E-state index contributed by atoms with van der Waals surface area (Å²) in [4.78, 5) is 11.1. The number of hydrogen-bond acceptors (Lipinski definition) is 3. The van der Waals surface area contributed by atoms with E-state index in [-0.39, 0.29) is 5.60 Å². The van der Waals surface area contributed by atoms with Gasteiger partial charge in [0.2, 0.25) is 0 Å². The van der Waals surface area contributed by atoms with Crippen molar-refractivity contribution in [2.75, 3.05) is 7.05 Å². The number of carbonyl (C=O) groups excluding carboxylic acids is 1. The summed E-state index contributed by atoms with van der Waals surface area (Å²) in [5.41, 5.74) is -0.331. The number of nitrogens with one attached hydrogen (secondary N) is 1. The molecule has 0 radical (unpaired) electrons. The van der Waals surface area contributed by atoms with Crippen LogP contribution in [0.1, 0.15) is 20.8 Å². The first-order valence-electron chi connectivity index (χ1n) is 5.10. The third-order valence-electron chi connectivity index (χ3n) is 1.67. The summed E-state index contributed by atoms with van der Waals surface area (Å²) in [7, 11) is 1.51. The van der Waals surface area contributed by atoms with Gasteiger partial charge in [-0.05, 0) is 32.9 Å². The van der Waals surface area contributed by atoms with Crippen LogP contribution in [0.3, 0.4) is 0 Å². The van der Waals surface area contributed by atoms with Gasteiger partial charge >= 0.3 is 6.09 Å². The lowest BCUT2D eigenvalue weighted by atomic mass is 10.2. The Kier molecular flexibility index (Phi) is 3.77. The number of para-hydroxylation sites is 2. The van der Waals surface area contributed by atoms with Gasteiger partial charge in [0.1, 0.15) is 5.60 Å². The van der Waals surface area contributed by atoms with Gasteiger partial charge < -0.3 is 14.8 Å². The Labute approximate surface area is 95.6 Å². The molecule has 1 aromatic rings. The third kappa shape index (κ3) is 3.81. The highest BCUT2D eigenvalue weighted by molar-refractivity contribution is 5.70. The zero-order valence-electron chi connectivity index (χ0n) is 10.0. The molecule has 0 atom stereocenters. The van der Waals surface area contributed by atoms with Crippen molar-refractivity contribution in [2.45, 2.75) is 26.4 Å². The SMILES string of the molecule is CNC(=O)Oc1ccccc1OC(C)(C)C. The largest absolute Gasteiger partial charge is 0.484 e. The fourth-order valence-electron chi connectivity index (χ4n) is 1.10. The van der Waals surface area contributed by atoms with Crippen LogP contribution in [0.4, 0.5) is 4.79 Å². The lowest BCUT2D eigenvalue weighted by Gasteiger charge is -2.22. The van der Waals surface area contributed by atoms with Gasteiger partial charge in [-0.1, -0.05) is 12.1 Å². The molecular weight excluding hydrogens is 206 g/mol. The molecular formula is C12H17NO3. The molecule has 1 rings (SSSR count). The van der Waals surface area contributed by atoms with Crippen LogP contribution in [-0.2, 0) is 0 Å². The molecule has 0 fully saturated rings. The monoisotopic (exact) mass is 223 g/mol. The van der Waals surface area contributed by atoms with Gasteiger partial charge in [0, 0.05) is 7.05 Å². The van der Waals surface area contributed by atoms with Crippen LogP contribution in [-0.4, -0.2) is 18.7 Å². The molecule has 0 saturated heterocycles. The van der Waals surface area contributed by atoms with Gasteiger partial charge in [0.05, 0.1) is 0 Å². The van der Waals surface area contributed by atoms with Crippen molar-refractivity contribution >= 4 is 6.09 Å². The van der Waals surface area contributed by atoms with E-state index in [2.05, 4.69) is 5.32 Å². The van der Waals surface area contributed by atoms with Crippen molar-refractivity contribution in [3.63, 3.8) is 0 Å². The minimum Gasteiger partial charge on any atom is -0.484 e. The van der Waals surface area contributed by atoms with Crippen LogP contribution in [0.2, 0.25) is 0 Å². The topological polar surface area (TPSA) is 47.6 Å². The predicted molar refractivity (Wildman–Crippen MR) is 61.9 cm³/mol. The van der Waals surface area contributed by atoms with Crippen molar-refractivity contribution in [2.24, 2.45) is 0 Å². The maximum Gasteiger partial charge on any atom is 0.412 e. The Morgan fingerprint density at radius 3 is 2.25 bits per heavy atom. The Hall–Kier alpha value is -1.71. The van der Waals surface area contributed by atoms with E-state index in [1.54, 1.807) is 18.2 Å². The second-order valence-electron chi connectivity index (χ2n) is 4.30. The summed E-state index contributed by atoms with van der Waals surface area (Å²) < 4.78 is 10.7. The molecule has 0 aliphatic heterocycles. The maximum absolute atomic E-state index is 11.1. The van der Waals surface area contributed by atoms with Gasteiger partial charge in [-0.15, -0.1) is 0 Å². The second-order valence-corrected chi connectivity index (χ2v) is 4.30. The van der Waals surface area contributed by atoms with Crippen LogP contribution >= 0.6 is 0 Å². The minimum atomic E-state index is -0.509. The third-order valence-corrected chi connectivity index (χ3v) is 1.67. The molecule has 16 heavy (non-hydrogen) atoms. The number of rotatable bonds is 2. The molecule has 0 unspecified atom stereocenters. The first-order valence-corrected chi connectivity index (χ1v) is 5.10. The average Bonchev–Trinajstić information content (AvgIpc) is 2.18. The number of carbonyl (C=O) groups is 1. The summed E-state index contributed by atoms with van der Waals surface area (Å²) in [5, 5.41) is 2.39. The van der Waals surface area contributed by atoms with Gasteiger partial charge in [-0.2, -0.15) is 0 Å². The average molecular weight is 223 g/mol. The lowest BCUT2D eigenvalue weighted by Crippen LogP contribution is -2.25. The minimum absolute atomic E-state index is 0.331. The standard InChI is InChI=1S/C12H17NO3/c1-12(2,3)16-10-8-6-5-7-9(10)15-11(14)13-4/h5-8H,1-4H3,(H,13,14). The Morgan fingerprint density at radius 1 is 1.19 bits per heavy atom. The van der Waals surface area contributed by atoms with Gasteiger partial charge in [0.15, 0.2) is 11.5 Å². The van der Waals surface area contributed by atoms with Gasteiger partial charge in [-0.25, -0.2) is 4.79 Å². The summed E-state index contributed by atoms with van der Waals surface area (Å²) in [6.07, 6.45) is -0.509. The molecule has 4 nitrogen and oxygen atoms in total. The first kappa shape index (κ1) is 12.4. The van der Waals surface area contributed by atoms with Crippen LogP contribution < -0.4 is 14.8 Å². The molecule has 4 heteroatoms. The molecule has 0 saturated carbocycles. The molecule has 0 aromatic heterocycles.